The molecule has 2 saturated heterocycles. The molecule has 3 rings (SSSR count). The highest BCUT2D eigenvalue weighted by atomic mass is 16.4. The van der Waals surface area contributed by atoms with Crippen molar-refractivity contribution in [2.75, 3.05) is 19.6 Å². The van der Waals surface area contributed by atoms with Crippen molar-refractivity contribution in [1.82, 2.24) is 20.4 Å². The molecule has 5 nitrogen and oxygen atoms in total. The zero-order valence-corrected chi connectivity index (χ0v) is 12.1. The molecular weight excluding hydrogens is 240 g/mol. The molecule has 0 bridgehead atoms. The molecule has 2 aliphatic heterocycles. The van der Waals surface area contributed by atoms with Crippen LogP contribution in [0.4, 0.5) is 0 Å². The van der Waals surface area contributed by atoms with Crippen LogP contribution in [-0.2, 0) is 12.0 Å². The van der Waals surface area contributed by atoms with E-state index < -0.39 is 0 Å². The summed E-state index contributed by atoms with van der Waals surface area (Å²) in [5, 5.41) is 11.9. The summed E-state index contributed by atoms with van der Waals surface area (Å²) in [7, 11) is 0. The Balaban J connectivity index is 1.69. The number of piperidine rings is 1. The molecule has 1 aromatic heterocycles. The number of rotatable bonds is 2. The lowest BCUT2D eigenvalue weighted by molar-refractivity contribution is 0.106. The number of hydrogen-bond donors (Lipinski definition) is 1. The van der Waals surface area contributed by atoms with E-state index in [-0.39, 0.29) is 5.41 Å². The van der Waals surface area contributed by atoms with Gasteiger partial charge in [0.2, 0.25) is 11.8 Å². The summed E-state index contributed by atoms with van der Waals surface area (Å²) >= 11 is 0. The molecule has 1 aromatic rings. The van der Waals surface area contributed by atoms with Crippen molar-refractivity contribution in [3.8, 4) is 0 Å². The number of nitrogens with zero attached hydrogens (tertiary/aromatic N) is 3. The SMILES string of the molecule is CC(C)(C)c1nnc(CN2CCCC3CNCC32)o1. The van der Waals surface area contributed by atoms with Crippen LogP contribution < -0.4 is 5.32 Å². The molecule has 1 N–H and O–H groups in total. The fraction of sp³-hybridized carbons (Fsp3) is 0.857. The van der Waals surface area contributed by atoms with Gasteiger partial charge in [0.15, 0.2) is 0 Å². The molecule has 0 aromatic carbocycles. The Morgan fingerprint density at radius 2 is 2.16 bits per heavy atom. The van der Waals surface area contributed by atoms with E-state index in [1.807, 2.05) is 0 Å². The van der Waals surface area contributed by atoms with Crippen molar-refractivity contribution in [3.63, 3.8) is 0 Å². The largest absolute Gasteiger partial charge is 0.423 e. The second kappa shape index (κ2) is 4.87. The van der Waals surface area contributed by atoms with E-state index in [1.165, 1.54) is 12.8 Å². The molecule has 2 fully saturated rings. The van der Waals surface area contributed by atoms with Gasteiger partial charge in [0.1, 0.15) is 0 Å². The molecule has 2 atom stereocenters. The third kappa shape index (κ3) is 2.67. The van der Waals surface area contributed by atoms with Crippen LogP contribution in [0.25, 0.3) is 0 Å². The third-order valence-electron chi connectivity index (χ3n) is 4.24. The zero-order chi connectivity index (χ0) is 13.5. The van der Waals surface area contributed by atoms with Gasteiger partial charge in [-0.2, -0.15) is 0 Å². The maximum Gasteiger partial charge on any atom is 0.230 e. The van der Waals surface area contributed by atoms with Gasteiger partial charge < -0.3 is 9.73 Å². The summed E-state index contributed by atoms with van der Waals surface area (Å²) in [5.41, 5.74) is -0.0649. The molecule has 2 unspecified atom stereocenters. The van der Waals surface area contributed by atoms with E-state index >= 15 is 0 Å². The van der Waals surface area contributed by atoms with E-state index in [0.717, 1.165) is 43.9 Å². The van der Waals surface area contributed by atoms with E-state index in [2.05, 4.69) is 41.2 Å². The van der Waals surface area contributed by atoms with E-state index in [1.54, 1.807) is 0 Å². The molecule has 0 radical (unpaired) electrons. The maximum atomic E-state index is 5.82. The van der Waals surface area contributed by atoms with Crippen molar-refractivity contribution in [3.05, 3.63) is 11.8 Å². The average Bonchev–Trinajstić information content (AvgIpc) is 2.96. The predicted octanol–water partition coefficient (Wildman–Crippen LogP) is 1.55. The Hall–Kier alpha value is -0.940. The fourth-order valence-electron chi connectivity index (χ4n) is 3.15. The Bertz CT molecular complexity index is 437. The Kier molecular flexibility index (Phi) is 3.35. The van der Waals surface area contributed by atoms with Gasteiger partial charge >= 0.3 is 0 Å². The van der Waals surface area contributed by atoms with Crippen molar-refractivity contribution in [1.29, 1.82) is 0 Å². The molecule has 0 aliphatic carbocycles. The summed E-state index contributed by atoms with van der Waals surface area (Å²) in [6.45, 7) is 10.5. The summed E-state index contributed by atoms with van der Waals surface area (Å²) in [4.78, 5) is 2.51. The van der Waals surface area contributed by atoms with Gasteiger partial charge in [-0.05, 0) is 31.8 Å². The first-order valence-corrected chi connectivity index (χ1v) is 7.31. The number of aromatic nitrogens is 2. The van der Waals surface area contributed by atoms with Crippen molar-refractivity contribution < 1.29 is 4.42 Å². The van der Waals surface area contributed by atoms with Gasteiger partial charge in [0.05, 0.1) is 6.54 Å². The van der Waals surface area contributed by atoms with Gasteiger partial charge in [0, 0.05) is 18.0 Å². The Labute approximate surface area is 114 Å². The first-order chi connectivity index (χ1) is 9.04. The van der Waals surface area contributed by atoms with Crippen LogP contribution in [0.15, 0.2) is 4.42 Å². The molecule has 5 heteroatoms. The van der Waals surface area contributed by atoms with Gasteiger partial charge in [0.25, 0.3) is 0 Å². The molecule has 3 heterocycles. The molecule has 2 aliphatic rings. The van der Waals surface area contributed by atoms with Crippen LogP contribution in [0.5, 0.6) is 0 Å². The normalized spacial score (nSPS) is 28.6. The summed E-state index contributed by atoms with van der Waals surface area (Å²) in [6.07, 6.45) is 2.63. The summed E-state index contributed by atoms with van der Waals surface area (Å²) in [6, 6.07) is 0.652. The van der Waals surface area contributed by atoms with E-state index in [0.29, 0.717) is 6.04 Å². The van der Waals surface area contributed by atoms with Crippen molar-refractivity contribution in [2.45, 2.75) is 51.6 Å². The van der Waals surface area contributed by atoms with Gasteiger partial charge in [-0.15, -0.1) is 10.2 Å². The molecule has 0 amide bonds. The highest BCUT2D eigenvalue weighted by molar-refractivity contribution is 4.98. The van der Waals surface area contributed by atoms with Crippen LogP contribution in [-0.4, -0.2) is 40.8 Å². The van der Waals surface area contributed by atoms with Crippen LogP contribution in [0, 0.1) is 5.92 Å². The lowest BCUT2D eigenvalue weighted by Gasteiger charge is -2.36. The molecule has 0 saturated carbocycles. The predicted molar refractivity (Wildman–Crippen MR) is 72.8 cm³/mol. The highest BCUT2D eigenvalue weighted by Crippen LogP contribution is 2.28. The van der Waals surface area contributed by atoms with Crippen LogP contribution >= 0.6 is 0 Å². The monoisotopic (exact) mass is 264 g/mol. The number of nitrogens with one attached hydrogen (secondary N) is 1. The van der Waals surface area contributed by atoms with Crippen molar-refractivity contribution in [2.24, 2.45) is 5.92 Å². The van der Waals surface area contributed by atoms with E-state index in [9.17, 15) is 0 Å². The van der Waals surface area contributed by atoms with Gasteiger partial charge in [-0.1, -0.05) is 20.8 Å². The number of fused-ring (bicyclic) bond motifs is 1. The smallest absolute Gasteiger partial charge is 0.230 e. The Morgan fingerprint density at radius 1 is 1.32 bits per heavy atom. The number of hydrogen-bond acceptors (Lipinski definition) is 5. The second-order valence-electron chi connectivity index (χ2n) is 6.85. The first-order valence-electron chi connectivity index (χ1n) is 7.31. The van der Waals surface area contributed by atoms with Crippen LogP contribution in [0.2, 0.25) is 0 Å². The minimum absolute atomic E-state index is 0.0649. The van der Waals surface area contributed by atoms with Crippen LogP contribution in [0.3, 0.4) is 0 Å². The average molecular weight is 264 g/mol. The summed E-state index contributed by atoms with van der Waals surface area (Å²) in [5.74, 6) is 2.30. The lowest BCUT2D eigenvalue weighted by Crippen LogP contribution is -2.44. The van der Waals surface area contributed by atoms with Crippen LogP contribution in [0.1, 0.15) is 45.4 Å². The number of likely N-dealkylation sites (tertiary alicyclic amines) is 1. The van der Waals surface area contributed by atoms with Gasteiger partial charge in [-0.25, -0.2) is 0 Å². The fourth-order valence-corrected chi connectivity index (χ4v) is 3.15. The lowest BCUT2D eigenvalue weighted by atomic mass is 9.92. The molecule has 106 valence electrons. The highest BCUT2D eigenvalue weighted by Gasteiger charge is 2.35. The summed E-state index contributed by atoms with van der Waals surface area (Å²) < 4.78 is 5.82. The third-order valence-corrected chi connectivity index (χ3v) is 4.24. The second-order valence-corrected chi connectivity index (χ2v) is 6.85. The maximum absolute atomic E-state index is 5.82. The Morgan fingerprint density at radius 3 is 2.89 bits per heavy atom. The van der Waals surface area contributed by atoms with E-state index in [4.69, 9.17) is 4.42 Å². The standard InChI is InChI=1S/C14H24N4O/c1-14(2,3)13-17-16-12(19-13)9-18-6-4-5-10-7-15-8-11(10)18/h10-11,15H,4-9H2,1-3H3. The topological polar surface area (TPSA) is 54.2 Å². The minimum atomic E-state index is -0.0649. The molecular formula is C14H24N4O. The quantitative estimate of drug-likeness (QED) is 0.878. The van der Waals surface area contributed by atoms with Crippen molar-refractivity contribution >= 4 is 0 Å². The molecule has 19 heavy (non-hydrogen) atoms. The first kappa shape index (κ1) is 13.1. The zero-order valence-electron chi connectivity index (χ0n) is 12.1. The van der Waals surface area contributed by atoms with Gasteiger partial charge in [-0.3, -0.25) is 4.90 Å². The molecule has 0 spiro atoms. The minimum Gasteiger partial charge on any atom is -0.423 e.